The molecule has 9 heteroatoms. The third-order valence-corrected chi connectivity index (χ3v) is 3.83. The number of nitrogens with zero attached hydrogens (tertiary/aromatic N) is 1. The molecule has 2 aromatic rings. The highest BCUT2D eigenvalue weighted by molar-refractivity contribution is 5.98. The van der Waals surface area contributed by atoms with Crippen LogP contribution in [0.5, 0.6) is 11.5 Å². The van der Waals surface area contributed by atoms with Gasteiger partial charge in [-0.05, 0) is 36.8 Å². The summed E-state index contributed by atoms with van der Waals surface area (Å²) in [6, 6.07) is 10.9. The van der Waals surface area contributed by atoms with E-state index in [1.54, 1.807) is 24.3 Å². The number of anilines is 1. The molecule has 0 spiro atoms. The van der Waals surface area contributed by atoms with E-state index < -0.39 is 22.9 Å². The molecule has 1 aliphatic rings. The van der Waals surface area contributed by atoms with E-state index in [0.29, 0.717) is 17.1 Å². The SMILES string of the molecule is CC(OC(=O)C=Cc1ccc2c(c1)OCO2)C(=O)Nc1ccccc1[N+](=O)[O-]. The second-order valence-electron chi connectivity index (χ2n) is 5.79. The summed E-state index contributed by atoms with van der Waals surface area (Å²) in [5, 5.41) is 13.4. The molecule has 0 saturated heterocycles. The average molecular weight is 384 g/mol. The van der Waals surface area contributed by atoms with E-state index in [2.05, 4.69) is 5.32 Å². The molecular formula is C19H16N2O7. The molecule has 1 N–H and O–H groups in total. The van der Waals surface area contributed by atoms with Crippen molar-refractivity contribution >= 4 is 29.3 Å². The van der Waals surface area contributed by atoms with Gasteiger partial charge in [0, 0.05) is 12.1 Å². The Morgan fingerprint density at radius 1 is 1.21 bits per heavy atom. The summed E-state index contributed by atoms with van der Waals surface area (Å²) >= 11 is 0. The highest BCUT2D eigenvalue weighted by Crippen LogP contribution is 2.32. The second-order valence-corrected chi connectivity index (χ2v) is 5.79. The summed E-state index contributed by atoms with van der Waals surface area (Å²) in [5.74, 6) is -0.213. The van der Waals surface area contributed by atoms with Gasteiger partial charge in [-0.2, -0.15) is 0 Å². The number of rotatable bonds is 6. The average Bonchev–Trinajstić information content (AvgIpc) is 3.14. The maximum atomic E-state index is 12.2. The Morgan fingerprint density at radius 2 is 1.96 bits per heavy atom. The minimum atomic E-state index is -1.14. The molecule has 28 heavy (non-hydrogen) atoms. The van der Waals surface area contributed by atoms with E-state index in [0.717, 1.165) is 0 Å². The van der Waals surface area contributed by atoms with E-state index in [9.17, 15) is 19.7 Å². The Morgan fingerprint density at radius 3 is 2.75 bits per heavy atom. The van der Waals surface area contributed by atoms with Gasteiger partial charge in [0.25, 0.3) is 11.6 Å². The lowest BCUT2D eigenvalue weighted by Gasteiger charge is -2.12. The number of fused-ring (bicyclic) bond motifs is 1. The molecule has 1 atom stereocenters. The summed E-state index contributed by atoms with van der Waals surface area (Å²) in [6.07, 6.45) is 1.54. The molecule has 144 valence electrons. The number of nitro groups is 1. The number of hydrogen-bond donors (Lipinski definition) is 1. The number of amides is 1. The van der Waals surface area contributed by atoms with Crippen molar-refractivity contribution in [1.82, 2.24) is 0 Å². The van der Waals surface area contributed by atoms with Crippen LogP contribution in [0.1, 0.15) is 12.5 Å². The normalized spacial score (nSPS) is 13.2. The van der Waals surface area contributed by atoms with Crippen LogP contribution in [0.4, 0.5) is 11.4 Å². The van der Waals surface area contributed by atoms with Crippen LogP contribution in [0.15, 0.2) is 48.5 Å². The lowest BCUT2D eigenvalue weighted by atomic mass is 10.2. The van der Waals surface area contributed by atoms with Crippen molar-refractivity contribution in [3.63, 3.8) is 0 Å². The van der Waals surface area contributed by atoms with Gasteiger partial charge < -0.3 is 19.5 Å². The maximum Gasteiger partial charge on any atom is 0.331 e. The number of esters is 1. The first kappa shape index (κ1) is 18.9. The van der Waals surface area contributed by atoms with Crippen molar-refractivity contribution in [2.45, 2.75) is 13.0 Å². The van der Waals surface area contributed by atoms with Crippen molar-refractivity contribution < 1.29 is 28.7 Å². The molecule has 0 fully saturated rings. The molecule has 0 aliphatic carbocycles. The Balaban J connectivity index is 1.58. The quantitative estimate of drug-likeness (QED) is 0.352. The highest BCUT2D eigenvalue weighted by atomic mass is 16.7. The highest BCUT2D eigenvalue weighted by Gasteiger charge is 2.21. The Labute approximate surface area is 159 Å². The Hall–Kier alpha value is -3.88. The van der Waals surface area contributed by atoms with Gasteiger partial charge >= 0.3 is 5.97 Å². The molecule has 0 radical (unpaired) electrons. The van der Waals surface area contributed by atoms with Crippen LogP contribution in [-0.4, -0.2) is 29.7 Å². The fraction of sp³-hybridized carbons (Fsp3) is 0.158. The van der Waals surface area contributed by atoms with Gasteiger partial charge in [-0.15, -0.1) is 0 Å². The van der Waals surface area contributed by atoms with Crippen LogP contribution in [0.25, 0.3) is 6.08 Å². The number of nitrogens with one attached hydrogen (secondary N) is 1. The first-order valence-corrected chi connectivity index (χ1v) is 8.26. The van der Waals surface area contributed by atoms with Crippen molar-refractivity contribution in [3.8, 4) is 11.5 Å². The molecular weight excluding hydrogens is 368 g/mol. The minimum absolute atomic E-state index is 0.0244. The minimum Gasteiger partial charge on any atom is -0.454 e. The van der Waals surface area contributed by atoms with E-state index in [1.807, 2.05) is 0 Å². The van der Waals surface area contributed by atoms with E-state index >= 15 is 0 Å². The van der Waals surface area contributed by atoms with Crippen molar-refractivity contribution in [2.75, 3.05) is 12.1 Å². The van der Waals surface area contributed by atoms with Crippen LogP contribution in [-0.2, 0) is 14.3 Å². The van der Waals surface area contributed by atoms with Crippen molar-refractivity contribution in [1.29, 1.82) is 0 Å². The smallest absolute Gasteiger partial charge is 0.331 e. The number of nitro benzene ring substituents is 1. The Bertz CT molecular complexity index is 955. The van der Waals surface area contributed by atoms with Gasteiger partial charge in [-0.25, -0.2) is 4.79 Å². The summed E-state index contributed by atoms with van der Waals surface area (Å²) in [4.78, 5) is 34.5. The Kier molecular flexibility index (Phi) is 5.54. The molecule has 1 heterocycles. The van der Waals surface area contributed by atoms with Gasteiger partial charge in [0.2, 0.25) is 6.79 Å². The third-order valence-electron chi connectivity index (χ3n) is 3.83. The van der Waals surface area contributed by atoms with E-state index in [4.69, 9.17) is 14.2 Å². The third kappa shape index (κ3) is 4.44. The zero-order valence-electron chi connectivity index (χ0n) is 14.8. The predicted octanol–water partition coefficient (Wildman–Crippen LogP) is 2.91. The number of carbonyl (C=O) groups excluding carboxylic acids is 2. The van der Waals surface area contributed by atoms with Gasteiger partial charge in [-0.1, -0.05) is 18.2 Å². The molecule has 0 bridgehead atoms. The molecule has 1 unspecified atom stereocenters. The largest absolute Gasteiger partial charge is 0.454 e. The van der Waals surface area contributed by atoms with Crippen LogP contribution < -0.4 is 14.8 Å². The number of para-hydroxylation sites is 2. The number of ether oxygens (including phenoxy) is 3. The summed E-state index contributed by atoms with van der Waals surface area (Å²) < 4.78 is 15.5. The summed E-state index contributed by atoms with van der Waals surface area (Å²) in [7, 11) is 0. The van der Waals surface area contributed by atoms with E-state index in [1.165, 1.54) is 37.3 Å². The van der Waals surface area contributed by atoms with E-state index in [-0.39, 0.29) is 18.2 Å². The summed E-state index contributed by atoms with van der Waals surface area (Å²) in [6.45, 7) is 1.52. The molecule has 2 aromatic carbocycles. The maximum absolute atomic E-state index is 12.2. The number of carbonyl (C=O) groups is 2. The number of benzene rings is 2. The zero-order valence-corrected chi connectivity index (χ0v) is 14.8. The van der Waals surface area contributed by atoms with Gasteiger partial charge in [0.05, 0.1) is 4.92 Å². The lowest BCUT2D eigenvalue weighted by molar-refractivity contribution is -0.383. The molecule has 1 aliphatic heterocycles. The van der Waals surface area contributed by atoms with Crippen LogP contribution in [0.2, 0.25) is 0 Å². The van der Waals surface area contributed by atoms with Crippen LogP contribution in [0, 0.1) is 10.1 Å². The topological polar surface area (TPSA) is 117 Å². The first-order valence-electron chi connectivity index (χ1n) is 8.26. The van der Waals surface area contributed by atoms with Crippen molar-refractivity contribution in [2.24, 2.45) is 0 Å². The van der Waals surface area contributed by atoms with Gasteiger partial charge in [0.1, 0.15) is 5.69 Å². The van der Waals surface area contributed by atoms with Crippen LogP contribution >= 0.6 is 0 Å². The standard InChI is InChI=1S/C19H16N2O7/c1-12(19(23)20-14-4-2-3-5-15(14)21(24)25)28-18(22)9-7-13-6-8-16-17(10-13)27-11-26-16/h2-10,12H,11H2,1H3,(H,20,23). The first-order chi connectivity index (χ1) is 13.4. The summed E-state index contributed by atoms with van der Waals surface area (Å²) in [5.41, 5.74) is 0.464. The van der Waals surface area contributed by atoms with Crippen LogP contribution in [0.3, 0.4) is 0 Å². The number of hydrogen-bond acceptors (Lipinski definition) is 7. The molecule has 0 saturated carbocycles. The fourth-order valence-electron chi connectivity index (χ4n) is 2.42. The molecule has 0 aromatic heterocycles. The van der Waals surface area contributed by atoms with Crippen molar-refractivity contribution in [3.05, 3.63) is 64.2 Å². The second kappa shape index (κ2) is 8.21. The molecule has 9 nitrogen and oxygen atoms in total. The fourth-order valence-corrected chi connectivity index (χ4v) is 2.42. The zero-order chi connectivity index (χ0) is 20.1. The molecule has 1 amide bonds. The predicted molar refractivity (Wildman–Crippen MR) is 98.9 cm³/mol. The van der Waals surface area contributed by atoms with Gasteiger partial charge in [0.15, 0.2) is 17.6 Å². The van der Waals surface area contributed by atoms with Gasteiger partial charge in [-0.3, -0.25) is 14.9 Å². The lowest BCUT2D eigenvalue weighted by Crippen LogP contribution is -2.29. The molecule has 3 rings (SSSR count). The monoisotopic (exact) mass is 384 g/mol.